The lowest BCUT2D eigenvalue weighted by molar-refractivity contribution is 0.188. The minimum absolute atomic E-state index is 0.635. The molecule has 0 spiro atoms. The second-order valence-electron chi connectivity index (χ2n) is 6.71. The Balaban J connectivity index is 1.60. The molecule has 1 aliphatic rings. The lowest BCUT2D eigenvalue weighted by atomic mass is 10.2. The highest BCUT2D eigenvalue weighted by molar-refractivity contribution is 8.13. The Morgan fingerprint density at radius 1 is 1.30 bits per heavy atom. The molecule has 154 valence electrons. The molecule has 0 radical (unpaired) electrons. The highest BCUT2D eigenvalue weighted by atomic mass is 32.2. The number of nitrogens with zero attached hydrogens (tertiary/aromatic N) is 7. The topological polar surface area (TPSA) is 72.8 Å². The molecule has 0 N–H and O–H groups in total. The van der Waals surface area contributed by atoms with Crippen molar-refractivity contribution in [2.24, 2.45) is 17.1 Å². The van der Waals surface area contributed by atoms with Crippen LogP contribution >= 0.6 is 11.8 Å². The van der Waals surface area contributed by atoms with Crippen LogP contribution in [0.15, 0.2) is 76.3 Å². The number of fused-ring (bicyclic) bond motifs is 1. The standard InChI is InChI=1S/C21H23N7OS/c1-15-5-7-18(16-12-24-26(3)13-16)25-28(15)21(22-2)30-17-6-8-19-20(11-17)27(14-23-19)9-10-29-4/h5-8,11-14H,1,9-10H2,2-4H3. The van der Waals surface area contributed by atoms with Crippen LogP contribution in [0.3, 0.4) is 0 Å². The SMILES string of the molecule is C=C1C=CC(c2cnn(C)c2)=NN1C(=NC)Sc1ccc2ncn(CCOC)c2c1. The van der Waals surface area contributed by atoms with Gasteiger partial charge in [0.25, 0.3) is 0 Å². The fourth-order valence-electron chi connectivity index (χ4n) is 3.08. The summed E-state index contributed by atoms with van der Waals surface area (Å²) in [5, 5.41) is 11.5. The molecule has 2 aromatic heterocycles. The van der Waals surface area contributed by atoms with Gasteiger partial charge in [-0.1, -0.05) is 18.3 Å². The number of rotatable bonds is 5. The van der Waals surface area contributed by atoms with Crippen molar-refractivity contribution in [3.05, 3.63) is 66.9 Å². The highest BCUT2D eigenvalue weighted by Crippen LogP contribution is 2.28. The van der Waals surface area contributed by atoms with E-state index in [1.807, 2.05) is 43.9 Å². The lowest BCUT2D eigenvalue weighted by Gasteiger charge is -2.24. The first-order valence-electron chi connectivity index (χ1n) is 9.42. The quantitative estimate of drug-likeness (QED) is 0.359. The molecule has 0 aliphatic carbocycles. The van der Waals surface area contributed by atoms with E-state index >= 15 is 0 Å². The van der Waals surface area contributed by atoms with E-state index in [2.05, 4.69) is 32.3 Å². The van der Waals surface area contributed by atoms with Crippen molar-refractivity contribution in [1.29, 1.82) is 0 Å². The second kappa shape index (κ2) is 8.68. The number of allylic oxidation sites excluding steroid dienone is 2. The molecule has 0 fully saturated rings. The van der Waals surface area contributed by atoms with E-state index < -0.39 is 0 Å². The van der Waals surface area contributed by atoms with E-state index in [4.69, 9.17) is 9.84 Å². The van der Waals surface area contributed by atoms with Crippen LogP contribution in [-0.4, -0.2) is 56.0 Å². The number of hydrogen-bond acceptors (Lipinski definition) is 6. The molecule has 3 aromatic rings. The smallest absolute Gasteiger partial charge is 0.189 e. The molecule has 3 heterocycles. The number of hydrazone groups is 1. The number of aryl methyl sites for hydroxylation is 1. The van der Waals surface area contributed by atoms with Crippen LogP contribution in [0.2, 0.25) is 0 Å². The molecule has 0 unspecified atom stereocenters. The zero-order chi connectivity index (χ0) is 21.1. The van der Waals surface area contributed by atoms with Crippen molar-refractivity contribution in [2.45, 2.75) is 11.4 Å². The van der Waals surface area contributed by atoms with Gasteiger partial charge in [-0.3, -0.25) is 9.67 Å². The maximum absolute atomic E-state index is 5.20. The van der Waals surface area contributed by atoms with Gasteiger partial charge >= 0.3 is 0 Å². The Morgan fingerprint density at radius 3 is 2.90 bits per heavy atom. The predicted octanol–water partition coefficient (Wildman–Crippen LogP) is 3.28. The van der Waals surface area contributed by atoms with Crippen molar-refractivity contribution in [1.82, 2.24) is 24.3 Å². The first-order valence-corrected chi connectivity index (χ1v) is 10.2. The molecule has 0 saturated carbocycles. The fourth-order valence-corrected chi connectivity index (χ4v) is 3.93. The Morgan fingerprint density at radius 2 is 2.17 bits per heavy atom. The number of amidine groups is 1. The molecule has 1 aromatic carbocycles. The van der Waals surface area contributed by atoms with Gasteiger partial charge in [0.1, 0.15) is 0 Å². The van der Waals surface area contributed by atoms with Crippen LogP contribution in [0, 0.1) is 0 Å². The summed E-state index contributed by atoms with van der Waals surface area (Å²) < 4.78 is 9.04. The molecular weight excluding hydrogens is 398 g/mol. The Hall–Kier alpha value is -3.17. The molecule has 8 nitrogen and oxygen atoms in total. The number of thioether (sulfide) groups is 1. The van der Waals surface area contributed by atoms with E-state index in [0.717, 1.165) is 44.6 Å². The zero-order valence-corrected chi connectivity index (χ0v) is 18.0. The number of ether oxygens (including phenoxy) is 1. The Labute approximate surface area is 179 Å². The van der Waals surface area contributed by atoms with Gasteiger partial charge in [-0.05, 0) is 30.4 Å². The Bertz CT molecular complexity index is 1170. The number of benzene rings is 1. The average molecular weight is 422 g/mol. The second-order valence-corrected chi connectivity index (χ2v) is 7.75. The minimum atomic E-state index is 0.635. The number of methoxy groups -OCH3 is 1. The number of aliphatic imine (C=N–C) groups is 1. The Kier molecular flexibility index (Phi) is 5.82. The van der Waals surface area contributed by atoms with Gasteiger partial charge in [0.05, 0.1) is 41.6 Å². The van der Waals surface area contributed by atoms with Crippen LogP contribution in [-0.2, 0) is 18.3 Å². The monoisotopic (exact) mass is 421 g/mol. The van der Waals surface area contributed by atoms with Crippen LogP contribution in [0.4, 0.5) is 0 Å². The molecule has 30 heavy (non-hydrogen) atoms. The van der Waals surface area contributed by atoms with Crippen molar-refractivity contribution in [2.75, 3.05) is 20.8 Å². The number of aromatic nitrogens is 4. The summed E-state index contributed by atoms with van der Waals surface area (Å²) in [5.74, 6) is 0. The van der Waals surface area contributed by atoms with Gasteiger partial charge in [-0.2, -0.15) is 10.2 Å². The van der Waals surface area contributed by atoms with Crippen LogP contribution < -0.4 is 0 Å². The van der Waals surface area contributed by atoms with Crippen LogP contribution in [0.1, 0.15) is 5.56 Å². The third-order valence-corrected chi connectivity index (χ3v) is 5.65. The molecule has 9 heteroatoms. The molecule has 0 amide bonds. The van der Waals surface area contributed by atoms with E-state index in [1.165, 1.54) is 11.8 Å². The predicted molar refractivity (Wildman–Crippen MR) is 121 cm³/mol. The van der Waals surface area contributed by atoms with Gasteiger partial charge in [0.15, 0.2) is 5.17 Å². The van der Waals surface area contributed by atoms with Gasteiger partial charge in [-0.25, -0.2) is 9.99 Å². The van der Waals surface area contributed by atoms with Gasteiger partial charge in [0.2, 0.25) is 0 Å². The fraction of sp³-hybridized carbons (Fsp3) is 0.238. The van der Waals surface area contributed by atoms with Crippen molar-refractivity contribution < 1.29 is 4.74 Å². The highest BCUT2D eigenvalue weighted by Gasteiger charge is 2.19. The normalized spacial score (nSPS) is 14.6. The molecule has 0 atom stereocenters. The van der Waals surface area contributed by atoms with E-state index in [-0.39, 0.29) is 0 Å². The maximum Gasteiger partial charge on any atom is 0.189 e. The van der Waals surface area contributed by atoms with Gasteiger partial charge < -0.3 is 9.30 Å². The van der Waals surface area contributed by atoms with Gasteiger partial charge in [0, 0.05) is 44.4 Å². The lowest BCUT2D eigenvalue weighted by Crippen LogP contribution is -2.25. The van der Waals surface area contributed by atoms with E-state index in [0.29, 0.717) is 6.61 Å². The third kappa shape index (κ3) is 4.07. The molecule has 0 saturated heterocycles. The molecule has 0 bridgehead atoms. The van der Waals surface area contributed by atoms with Crippen molar-refractivity contribution in [3.63, 3.8) is 0 Å². The largest absolute Gasteiger partial charge is 0.383 e. The zero-order valence-electron chi connectivity index (χ0n) is 17.2. The molecule has 4 rings (SSSR count). The summed E-state index contributed by atoms with van der Waals surface area (Å²) in [5.41, 5.74) is 4.51. The summed E-state index contributed by atoms with van der Waals surface area (Å²) >= 11 is 1.53. The first-order chi connectivity index (χ1) is 14.6. The van der Waals surface area contributed by atoms with E-state index in [1.54, 1.807) is 30.0 Å². The number of imidazole rings is 1. The van der Waals surface area contributed by atoms with E-state index in [9.17, 15) is 0 Å². The summed E-state index contributed by atoms with van der Waals surface area (Å²) in [6.07, 6.45) is 9.44. The summed E-state index contributed by atoms with van der Waals surface area (Å²) in [7, 11) is 5.34. The average Bonchev–Trinajstić information content (AvgIpc) is 3.37. The van der Waals surface area contributed by atoms with Crippen molar-refractivity contribution >= 4 is 33.7 Å². The van der Waals surface area contributed by atoms with Crippen molar-refractivity contribution in [3.8, 4) is 0 Å². The summed E-state index contributed by atoms with van der Waals surface area (Å²) in [6.45, 7) is 5.51. The first kappa shape index (κ1) is 20.1. The van der Waals surface area contributed by atoms with Crippen LogP contribution in [0.5, 0.6) is 0 Å². The van der Waals surface area contributed by atoms with Gasteiger partial charge in [-0.15, -0.1) is 0 Å². The van der Waals surface area contributed by atoms with Crippen LogP contribution in [0.25, 0.3) is 11.0 Å². The summed E-state index contributed by atoms with van der Waals surface area (Å²) in [4.78, 5) is 9.98. The third-order valence-electron chi connectivity index (χ3n) is 4.62. The summed E-state index contributed by atoms with van der Waals surface area (Å²) in [6, 6.07) is 6.17. The molecular formula is C21H23N7OS. The molecule has 1 aliphatic heterocycles. The minimum Gasteiger partial charge on any atom is -0.383 e. The number of hydrogen-bond donors (Lipinski definition) is 0. The maximum atomic E-state index is 5.20.